The number of nitriles is 1. The molecule has 0 spiro atoms. The Kier molecular flexibility index (Phi) is 8.90. The molecular formula is C12H18F3NOS. The molecule has 0 rings (SSSR count). The molecule has 0 aliphatic heterocycles. The number of nitrogens with zero attached hydrogens (tertiary/aromatic N) is 1. The Morgan fingerprint density at radius 2 is 2.00 bits per heavy atom. The molecule has 104 valence electrons. The summed E-state index contributed by atoms with van der Waals surface area (Å²) in [7, 11) is 0. The lowest BCUT2D eigenvalue weighted by Crippen LogP contribution is -2.10. The lowest BCUT2D eigenvalue weighted by atomic mass is 10.0. The molecule has 18 heavy (non-hydrogen) atoms. The van der Waals surface area contributed by atoms with E-state index in [0.29, 0.717) is 6.42 Å². The van der Waals surface area contributed by atoms with Crippen molar-refractivity contribution in [2.75, 3.05) is 5.75 Å². The van der Waals surface area contributed by atoms with Gasteiger partial charge < -0.3 is 0 Å². The number of rotatable bonds is 9. The number of carbonyl (C=O) groups is 1. The Hall–Kier alpha value is -0.700. The van der Waals surface area contributed by atoms with E-state index in [4.69, 9.17) is 5.26 Å². The van der Waals surface area contributed by atoms with Gasteiger partial charge in [-0.3, -0.25) is 4.79 Å². The van der Waals surface area contributed by atoms with Crippen molar-refractivity contribution in [3.05, 3.63) is 0 Å². The first-order valence-corrected chi connectivity index (χ1v) is 6.99. The Morgan fingerprint density at radius 3 is 2.50 bits per heavy atom. The third kappa shape index (κ3) is 10.5. The van der Waals surface area contributed by atoms with Crippen LogP contribution in [0.3, 0.4) is 0 Å². The van der Waals surface area contributed by atoms with E-state index in [1.165, 1.54) is 0 Å². The van der Waals surface area contributed by atoms with Crippen molar-refractivity contribution in [3.63, 3.8) is 0 Å². The van der Waals surface area contributed by atoms with E-state index >= 15 is 0 Å². The van der Waals surface area contributed by atoms with Crippen molar-refractivity contribution in [1.29, 1.82) is 5.26 Å². The van der Waals surface area contributed by atoms with E-state index in [1.807, 2.05) is 13.0 Å². The Balaban J connectivity index is 3.80. The molecule has 0 heterocycles. The second-order valence-corrected chi connectivity index (χ2v) is 5.20. The van der Waals surface area contributed by atoms with Crippen molar-refractivity contribution in [1.82, 2.24) is 0 Å². The van der Waals surface area contributed by atoms with E-state index in [2.05, 4.69) is 0 Å². The topological polar surface area (TPSA) is 40.9 Å². The summed E-state index contributed by atoms with van der Waals surface area (Å²) in [6, 6.07) is 1.82. The molecule has 0 aromatic heterocycles. The zero-order chi connectivity index (χ0) is 14.0. The molecule has 0 aromatic rings. The van der Waals surface area contributed by atoms with E-state index in [0.717, 1.165) is 19.3 Å². The minimum absolute atomic E-state index is 0.0423. The Bertz CT molecular complexity index is 286. The third-order valence-electron chi connectivity index (χ3n) is 2.46. The fraction of sp³-hybridized carbons (Fsp3) is 0.833. The first kappa shape index (κ1) is 17.3. The predicted molar refractivity (Wildman–Crippen MR) is 66.0 cm³/mol. The van der Waals surface area contributed by atoms with Gasteiger partial charge in [-0.25, -0.2) is 0 Å². The van der Waals surface area contributed by atoms with Gasteiger partial charge in [0.2, 0.25) is 0 Å². The lowest BCUT2D eigenvalue weighted by molar-refractivity contribution is -0.119. The number of hydrogen-bond acceptors (Lipinski definition) is 3. The van der Waals surface area contributed by atoms with Crippen molar-refractivity contribution in [2.24, 2.45) is 5.92 Å². The van der Waals surface area contributed by atoms with Crippen LogP contribution in [0.2, 0.25) is 0 Å². The van der Waals surface area contributed by atoms with E-state index in [9.17, 15) is 18.0 Å². The zero-order valence-corrected chi connectivity index (χ0v) is 11.2. The van der Waals surface area contributed by atoms with Gasteiger partial charge in [0.05, 0.1) is 12.0 Å². The molecular weight excluding hydrogens is 263 g/mol. The largest absolute Gasteiger partial charge is 0.441 e. The van der Waals surface area contributed by atoms with Crippen LogP contribution in [-0.4, -0.2) is 17.0 Å². The van der Waals surface area contributed by atoms with Gasteiger partial charge in [0.15, 0.2) is 0 Å². The number of unbranched alkanes of at least 4 members (excludes halogenated alkanes) is 2. The molecule has 1 unspecified atom stereocenters. The van der Waals surface area contributed by atoms with E-state index in [-0.39, 0.29) is 36.1 Å². The van der Waals surface area contributed by atoms with Gasteiger partial charge in [0.1, 0.15) is 5.78 Å². The number of halogens is 3. The molecule has 0 aromatic carbocycles. The number of thioether (sulfide) groups is 1. The van der Waals surface area contributed by atoms with Crippen LogP contribution in [0.4, 0.5) is 13.2 Å². The highest BCUT2D eigenvalue weighted by atomic mass is 32.2. The summed E-state index contributed by atoms with van der Waals surface area (Å²) in [6.45, 7) is 2.03. The van der Waals surface area contributed by atoms with Gasteiger partial charge in [-0.15, -0.1) is 0 Å². The van der Waals surface area contributed by atoms with Crippen molar-refractivity contribution >= 4 is 17.5 Å². The minimum atomic E-state index is -4.31. The predicted octanol–water partition coefficient (Wildman–Crippen LogP) is 4.31. The van der Waals surface area contributed by atoms with Gasteiger partial charge in [0.25, 0.3) is 0 Å². The van der Waals surface area contributed by atoms with Crippen LogP contribution in [-0.2, 0) is 4.79 Å². The number of Topliss-reactive ketones (excluding diaryl/α,β-unsaturated/α-hetero) is 1. The van der Waals surface area contributed by atoms with Crippen LogP contribution in [0, 0.1) is 17.2 Å². The number of carbonyl (C=O) groups excluding carboxylic acids is 1. The van der Waals surface area contributed by atoms with E-state index < -0.39 is 11.4 Å². The maximum absolute atomic E-state index is 11.9. The van der Waals surface area contributed by atoms with Gasteiger partial charge >= 0.3 is 5.51 Å². The summed E-state index contributed by atoms with van der Waals surface area (Å²) >= 11 is -0.194. The first-order chi connectivity index (χ1) is 8.39. The molecule has 1 atom stereocenters. The molecule has 0 aliphatic carbocycles. The third-order valence-corrected chi connectivity index (χ3v) is 3.36. The molecule has 6 heteroatoms. The fourth-order valence-corrected chi connectivity index (χ4v) is 2.04. The highest BCUT2D eigenvalue weighted by Crippen LogP contribution is 2.32. The number of alkyl halides is 3. The highest BCUT2D eigenvalue weighted by Gasteiger charge is 2.29. The standard InChI is InChI=1S/C12H18F3NOS/c1-2-3-4-5-11(17)7-6-10(8-16)9-18-12(13,14)15/h10H,2-7,9H2,1H3. The van der Waals surface area contributed by atoms with Crippen molar-refractivity contribution in [3.8, 4) is 6.07 Å². The van der Waals surface area contributed by atoms with Gasteiger partial charge in [-0.1, -0.05) is 19.8 Å². The summed E-state index contributed by atoms with van der Waals surface area (Å²) in [6.07, 6.45) is 3.74. The molecule has 0 saturated carbocycles. The van der Waals surface area contributed by atoms with Crippen LogP contribution in [0.1, 0.15) is 45.4 Å². The quantitative estimate of drug-likeness (QED) is 0.591. The maximum atomic E-state index is 11.9. The molecule has 0 N–H and O–H groups in total. The van der Waals surface area contributed by atoms with Crippen LogP contribution in [0.25, 0.3) is 0 Å². The Morgan fingerprint density at radius 1 is 1.33 bits per heavy atom. The number of hydrogen-bond donors (Lipinski definition) is 0. The van der Waals surface area contributed by atoms with Gasteiger partial charge in [-0.05, 0) is 24.6 Å². The van der Waals surface area contributed by atoms with Crippen LogP contribution < -0.4 is 0 Å². The number of ketones is 1. The summed E-state index contributed by atoms with van der Waals surface area (Å²) in [5.41, 5.74) is -4.31. The summed E-state index contributed by atoms with van der Waals surface area (Å²) in [5.74, 6) is -0.949. The maximum Gasteiger partial charge on any atom is 0.441 e. The molecule has 0 radical (unpaired) electrons. The fourth-order valence-electron chi connectivity index (χ4n) is 1.41. The minimum Gasteiger partial charge on any atom is -0.300 e. The van der Waals surface area contributed by atoms with Gasteiger partial charge in [0, 0.05) is 18.6 Å². The molecule has 0 amide bonds. The summed E-state index contributed by atoms with van der Waals surface area (Å²) in [5, 5.41) is 8.71. The first-order valence-electron chi connectivity index (χ1n) is 6.01. The monoisotopic (exact) mass is 281 g/mol. The Labute approximate surface area is 110 Å². The van der Waals surface area contributed by atoms with Crippen LogP contribution in [0.15, 0.2) is 0 Å². The molecule has 0 fully saturated rings. The summed E-state index contributed by atoms with van der Waals surface area (Å²) < 4.78 is 35.8. The zero-order valence-electron chi connectivity index (χ0n) is 10.4. The second kappa shape index (κ2) is 9.26. The van der Waals surface area contributed by atoms with Crippen LogP contribution in [0.5, 0.6) is 0 Å². The molecule has 2 nitrogen and oxygen atoms in total. The van der Waals surface area contributed by atoms with Crippen LogP contribution >= 0.6 is 11.8 Å². The highest BCUT2D eigenvalue weighted by molar-refractivity contribution is 8.00. The van der Waals surface area contributed by atoms with Crippen molar-refractivity contribution in [2.45, 2.75) is 51.0 Å². The van der Waals surface area contributed by atoms with Gasteiger partial charge in [-0.2, -0.15) is 18.4 Å². The average Bonchev–Trinajstić information content (AvgIpc) is 2.28. The summed E-state index contributed by atoms with van der Waals surface area (Å²) in [4.78, 5) is 11.4. The SMILES string of the molecule is CCCCCC(=O)CCC(C#N)CSC(F)(F)F. The molecule has 0 bridgehead atoms. The molecule has 0 aliphatic rings. The second-order valence-electron chi connectivity index (χ2n) is 4.12. The molecule has 0 saturated heterocycles. The van der Waals surface area contributed by atoms with E-state index in [1.54, 1.807) is 0 Å². The average molecular weight is 281 g/mol. The smallest absolute Gasteiger partial charge is 0.300 e. The van der Waals surface area contributed by atoms with Crippen molar-refractivity contribution < 1.29 is 18.0 Å². The normalized spacial score (nSPS) is 13.1. The lowest BCUT2D eigenvalue weighted by Gasteiger charge is -2.10.